The second-order valence-electron chi connectivity index (χ2n) is 11.5. The molecule has 2 aliphatic rings. The van der Waals surface area contributed by atoms with Gasteiger partial charge in [-0.15, -0.1) is 11.3 Å². The molecule has 4 rings (SSSR count). The predicted octanol–water partition coefficient (Wildman–Crippen LogP) is 6.43. The lowest BCUT2D eigenvalue weighted by molar-refractivity contribution is -0.129. The highest BCUT2D eigenvalue weighted by atomic mass is 32.1. The molecule has 0 N–H and O–H groups in total. The van der Waals surface area contributed by atoms with Crippen LogP contribution in [-0.2, 0) is 22.6 Å². The minimum Gasteiger partial charge on any atom is -0.493 e. The minimum atomic E-state index is -0.407. The lowest BCUT2D eigenvalue weighted by Crippen LogP contribution is -2.34. The molecule has 1 saturated carbocycles. The first-order valence-electron chi connectivity index (χ1n) is 14.3. The number of aromatic nitrogens is 1. The summed E-state index contributed by atoms with van der Waals surface area (Å²) in [5.41, 5.74) is 2.19. The molecular weight excluding hydrogens is 527 g/mol. The van der Waals surface area contributed by atoms with E-state index in [1.807, 2.05) is 19.2 Å². The number of rotatable bonds is 13. The van der Waals surface area contributed by atoms with Gasteiger partial charge in [-0.1, -0.05) is 25.1 Å². The molecule has 0 spiro atoms. The standard InChI is InChI=1S/C31H43FN4O3S/c1-20(2)21(3)34-39-23(5)36-12-9-24(10-13-36)29-15-25(29)11-14-38-28-8-7-26(30(32)17-28)16-31(37)35(6)18-27-19-40-22(4)33-27/h7-8,17,19-20,24-25,29H,5,9-16,18H2,1-4,6H3/b34-21+/t25-,29-/m1/s1. The average molecular weight is 571 g/mol. The van der Waals surface area contributed by atoms with Gasteiger partial charge < -0.3 is 19.4 Å². The second kappa shape index (κ2) is 13.6. The highest BCUT2D eigenvalue weighted by molar-refractivity contribution is 7.09. The first-order valence-corrected chi connectivity index (χ1v) is 15.2. The number of likely N-dealkylation sites (N-methyl/N-ethyl adjacent to an activating group) is 1. The molecule has 2 heterocycles. The Labute approximate surface area is 242 Å². The summed E-state index contributed by atoms with van der Waals surface area (Å²) in [7, 11) is 1.72. The van der Waals surface area contributed by atoms with Crippen LogP contribution in [0.3, 0.4) is 0 Å². The Morgan fingerprint density at radius 3 is 2.73 bits per heavy atom. The number of amides is 1. The third kappa shape index (κ3) is 8.29. The fourth-order valence-electron chi connectivity index (χ4n) is 5.24. The van der Waals surface area contributed by atoms with Crippen molar-refractivity contribution < 1.29 is 18.8 Å². The number of carbonyl (C=O) groups is 1. The van der Waals surface area contributed by atoms with E-state index < -0.39 is 5.82 Å². The molecule has 0 bridgehead atoms. The number of nitrogens with zero attached hydrogens (tertiary/aromatic N) is 4. The fraction of sp³-hybridized carbons (Fsp3) is 0.581. The minimum absolute atomic E-state index is 0.0125. The zero-order chi connectivity index (χ0) is 28.8. The quantitative estimate of drug-likeness (QED) is 0.158. The second-order valence-corrected chi connectivity index (χ2v) is 12.6. The van der Waals surface area contributed by atoms with Crippen LogP contribution in [0.25, 0.3) is 0 Å². The number of thiazole rings is 1. The normalized spacial score (nSPS) is 19.6. The van der Waals surface area contributed by atoms with Crippen molar-refractivity contribution >= 4 is 23.0 Å². The van der Waals surface area contributed by atoms with Crippen molar-refractivity contribution in [2.75, 3.05) is 26.7 Å². The molecule has 2 aromatic rings. The summed E-state index contributed by atoms with van der Waals surface area (Å²) >= 11 is 1.55. The highest BCUT2D eigenvalue weighted by Gasteiger charge is 2.43. The molecule has 218 valence electrons. The molecular formula is C31H43FN4O3S. The first kappa shape index (κ1) is 30.0. The van der Waals surface area contributed by atoms with Crippen LogP contribution in [0.1, 0.15) is 62.7 Å². The van der Waals surface area contributed by atoms with E-state index in [0.717, 1.165) is 60.6 Å². The lowest BCUT2D eigenvalue weighted by Gasteiger charge is -2.33. The highest BCUT2D eigenvalue weighted by Crippen LogP contribution is 2.50. The van der Waals surface area contributed by atoms with E-state index in [0.29, 0.717) is 42.2 Å². The lowest BCUT2D eigenvalue weighted by atomic mass is 9.90. The van der Waals surface area contributed by atoms with E-state index in [9.17, 15) is 9.18 Å². The number of likely N-dealkylation sites (tertiary alicyclic amines) is 1. The van der Waals surface area contributed by atoms with Crippen LogP contribution in [-0.4, -0.2) is 53.1 Å². The Kier molecular flexibility index (Phi) is 10.2. The van der Waals surface area contributed by atoms with Crippen molar-refractivity contribution in [2.45, 2.75) is 66.3 Å². The number of oxime groups is 1. The van der Waals surface area contributed by atoms with Gasteiger partial charge in [-0.25, -0.2) is 9.37 Å². The maximum atomic E-state index is 14.7. The van der Waals surface area contributed by atoms with Gasteiger partial charge in [0.15, 0.2) is 0 Å². The van der Waals surface area contributed by atoms with Crippen LogP contribution in [0.4, 0.5) is 4.39 Å². The number of ether oxygens (including phenoxy) is 1. The largest absolute Gasteiger partial charge is 0.493 e. The van der Waals surface area contributed by atoms with E-state index in [1.54, 1.807) is 35.4 Å². The van der Waals surface area contributed by atoms with Crippen molar-refractivity contribution in [2.24, 2.45) is 28.8 Å². The van der Waals surface area contributed by atoms with Gasteiger partial charge in [0.05, 0.1) is 36.0 Å². The molecule has 1 saturated heterocycles. The van der Waals surface area contributed by atoms with E-state index in [1.165, 1.54) is 12.5 Å². The monoisotopic (exact) mass is 570 g/mol. The maximum Gasteiger partial charge on any atom is 0.227 e. The molecule has 1 aliphatic carbocycles. The molecule has 0 unspecified atom stereocenters. The first-order chi connectivity index (χ1) is 19.1. The Hall–Kier alpha value is -2.94. The summed E-state index contributed by atoms with van der Waals surface area (Å²) in [5, 5.41) is 7.11. The smallest absolute Gasteiger partial charge is 0.227 e. The predicted molar refractivity (Wildman–Crippen MR) is 158 cm³/mol. The third-order valence-electron chi connectivity index (χ3n) is 8.22. The molecule has 9 heteroatoms. The van der Waals surface area contributed by atoms with Gasteiger partial charge in [-0.05, 0) is 81.4 Å². The summed E-state index contributed by atoms with van der Waals surface area (Å²) in [4.78, 5) is 26.3. The Bertz CT molecular complexity index is 1200. The van der Waals surface area contributed by atoms with Crippen LogP contribution in [0.5, 0.6) is 5.75 Å². The fourth-order valence-corrected chi connectivity index (χ4v) is 5.85. The Morgan fingerprint density at radius 1 is 1.32 bits per heavy atom. The molecule has 1 amide bonds. The van der Waals surface area contributed by atoms with Gasteiger partial charge >= 0.3 is 0 Å². The van der Waals surface area contributed by atoms with Gasteiger partial charge in [0.2, 0.25) is 11.8 Å². The number of halogens is 1. The number of benzene rings is 1. The van der Waals surface area contributed by atoms with Crippen molar-refractivity contribution in [3.63, 3.8) is 0 Å². The van der Waals surface area contributed by atoms with Crippen molar-refractivity contribution in [3.8, 4) is 5.75 Å². The number of piperidine rings is 1. The van der Waals surface area contributed by atoms with Gasteiger partial charge in [0.1, 0.15) is 11.6 Å². The SMILES string of the molecule is C=C(O/N=C(\C)C(C)C)N1CCC([C@H]2C[C@H]2CCOc2ccc(CC(=O)N(C)Cc3csc(C)n3)c(F)c2)CC1. The van der Waals surface area contributed by atoms with Gasteiger partial charge in [0, 0.05) is 31.6 Å². The summed E-state index contributed by atoms with van der Waals surface area (Å²) < 4.78 is 20.6. The van der Waals surface area contributed by atoms with E-state index in [-0.39, 0.29) is 12.3 Å². The number of hydrogen-bond donors (Lipinski definition) is 0. The zero-order valence-electron chi connectivity index (χ0n) is 24.5. The molecule has 2 atom stereocenters. The summed E-state index contributed by atoms with van der Waals surface area (Å²) in [6, 6.07) is 4.82. The molecule has 1 aliphatic heterocycles. The molecule has 40 heavy (non-hydrogen) atoms. The van der Waals surface area contributed by atoms with Gasteiger partial charge in [-0.3, -0.25) is 4.79 Å². The molecule has 1 aromatic carbocycles. The Morgan fingerprint density at radius 2 is 2.08 bits per heavy atom. The van der Waals surface area contributed by atoms with E-state index in [2.05, 4.69) is 35.5 Å². The van der Waals surface area contributed by atoms with Gasteiger partial charge in [0.25, 0.3) is 0 Å². The third-order valence-corrected chi connectivity index (χ3v) is 9.04. The molecule has 2 fully saturated rings. The number of carbonyl (C=O) groups excluding carboxylic acids is 1. The van der Waals surface area contributed by atoms with E-state index >= 15 is 0 Å². The number of aryl methyl sites for hydroxylation is 1. The van der Waals surface area contributed by atoms with E-state index in [4.69, 9.17) is 9.57 Å². The van der Waals surface area contributed by atoms with Crippen molar-refractivity contribution in [1.82, 2.24) is 14.8 Å². The summed E-state index contributed by atoms with van der Waals surface area (Å²) in [5.74, 6) is 3.11. The zero-order valence-corrected chi connectivity index (χ0v) is 25.3. The van der Waals surface area contributed by atoms with Crippen LogP contribution in [0, 0.1) is 36.4 Å². The summed E-state index contributed by atoms with van der Waals surface area (Å²) in [6.45, 7) is 15.1. The van der Waals surface area contributed by atoms with Gasteiger partial charge in [-0.2, -0.15) is 0 Å². The molecule has 1 aromatic heterocycles. The van der Waals surface area contributed by atoms with Crippen LogP contribution in [0.2, 0.25) is 0 Å². The van der Waals surface area contributed by atoms with Crippen LogP contribution < -0.4 is 4.74 Å². The molecule has 7 nitrogen and oxygen atoms in total. The van der Waals surface area contributed by atoms with Crippen molar-refractivity contribution in [1.29, 1.82) is 0 Å². The average Bonchev–Trinajstić information content (AvgIpc) is 3.59. The van der Waals surface area contributed by atoms with Crippen LogP contribution >= 0.6 is 11.3 Å². The summed E-state index contributed by atoms with van der Waals surface area (Å²) in [6.07, 6.45) is 4.51. The topological polar surface area (TPSA) is 67.3 Å². The number of hydrogen-bond acceptors (Lipinski definition) is 7. The Balaban J connectivity index is 1.14. The molecule has 0 radical (unpaired) electrons. The van der Waals surface area contributed by atoms with Crippen molar-refractivity contribution in [3.05, 3.63) is 58.1 Å². The van der Waals surface area contributed by atoms with Crippen LogP contribution in [0.15, 0.2) is 41.2 Å². The maximum absolute atomic E-state index is 14.7.